The minimum Gasteiger partial charge on any atom is -0.507 e. The standard InChI is InChI=1S/C32H36N6O6/c1-19(2)29(31(40)41)27-16-28(36-44-27)37-11-9-21(10-12-37)43-23-14-22(15-23)42-13-5-6-20-17-38-18-25(34-32(38)35-30(20)33)24-7-3-4-8-26(24)39/h3-4,7-8,16-19,21-23,29,39H,9-15H2,1-2H3,(H,40,41)(H2,33,34,35). The number of fused-ring (bicyclic) bond motifs is 1. The Morgan fingerprint density at radius 1 is 1.14 bits per heavy atom. The predicted octanol–water partition coefficient (Wildman–Crippen LogP) is 4.08. The molecule has 1 aliphatic heterocycles. The molecular formula is C32H36N6O6. The summed E-state index contributed by atoms with van der Waals surface area (Å²) in [7, 11) is 0. The smallest absolute Gasteiger partial charge is 0.314 e. The molecule has 1 aromatic carbocycles. The largest absolute Gasteiger partial charge is 0.507 e. The van der Waals surface area contributed by atoms with E-state index in [-0.39, 0.29) is 42.4 Å². The number of aromatic nitrogens is 4. The number of phenolic OH excluding ortho intramolecular Hbond substituents is 1. The number of benzene rings is 1. The molecule has 0 spiro atoms. The minimum absolute atomic E-state index is 0.0875. The van der Waals surface area contributed by atoms with Crippen molar-refractivity contribution in [2.75, 3.05) is 30.3 Å². The number of piperidine rings is 1. The van der Waals surface area contributed by atoms with Crippen LogP contribution < -0.4 is 10.6 Å². The summed E-state index contributed by atoms with van der Waals surface area (Å²) in [4.78, 5) is 22.6. The zero-order valence-corrected chi connectivity index (χ0v) is 24.7. The van der Waals surface area contributed by atoms with Gasteiger partial charge in [0, 0.05) is 50.0 Å². The van der Waals surface area contributed by atoms with Crippen LogP contribution >= 0.6 is 0 Å². The van der Waals surface area contributed by atoms with Crippen LogP contribution in [0.4, 0.5) is 11.6 Å². The summed E-state index contributed by atoms with van der Waals surface area (Å²) in [6.07, 6.45) is 7.42. The number of para-hydroxylation sites is 1. The number of nitrogens with zero attached hydrogens (tertiary/aromatic N) is 5. The second-order valence-corrected chi connectivity index (χ2v) is 11.7. The first-order valence-electron chi connectivity index (χ1n) is 14.9. The molecule has 0 radical (unpaired) electrons. The average Bonchev–Trinajstić information content (AvgIpc) is 3.61. The average molecular weight is 601 g/mol. The highest BCUT2D eigenvalue weighted by Gasteiger charge is 2.34. The normalized spacial score (nSPS) is 19.5. The molecule has 4 aromatic rings. The monoisotopic (exact) mass is 600 g/mol. The topological polar surface area (TPSA) is 161 Å². The number of carbonyl (C=O) groups is 1. The molecule has 2 aliphatic rings. The number of hydrogen-bond donors (Lipinski definition) is 3. The fourth-order valence-corrected chi connectivity index (χ4v) is 5.71. The van der Waals surface area contributed by atoms with Crippen molar-refractivity contribution in [1.82, 2.24) is 19.5 Å². The third-order valence-electron chi connectivity index (χ3n) is 8.23. The zero-order chi connectivity index (χ0) is 30.8. The van der Waals surface area contributed by atoms with E-state index in [1.807, 2.05) is 19.9 Å². The summed E-state index contributed by atoms with van der Waals surface area (Å²) in [5, 5.41) is 23.8. The van der Waals surface area contributed by atoms with Crippen molar-refractivity contribution >= 4 is 23.4 Å². The summed E-state index contributed by atoms with van der Waals surface area (Å²) in [6, 6.07) is 8.76. The van der Waals surface area contributed by atoms with Gasteiger partial charge in [0.2, 0.25) is 5.78 Å². The van der Waals surface area contributed by atoms with Crippen molar-refractivity contribution in [3.8, 4) is 28.8 Å². The summed E-state index contributed by atoms with van der Waals surface area (Å²) >= 11 is 0. The molecule has 1 saturated carbocycles. The first-order valence-corrected chi connectivity index (χ1v) is 14.9. The van der Waals surface area contributed by atoms with Gasteiger partial charge in [0.15, 0.2) is 11.6 Å². The Bertz CT molecular complexity index is 1690. The highest BCUT2D eigenvalue weighted by atomic mass is 16.5. The SMILES string of the molecule is CC(C)C(C(=O)O)c1cc(N2CCC(OC3CC(OCC#Cc4cn5cc(-c6ccccc6O)nc5nc4N)C3)CC2)no1. The number of ether oxygens (including phenoxy) is 2. The van der Waals surface area contributed by atoms with E-state index in [0.717, 1.165) is 38.8 Å². The van der Waals surface area contributed by atoms with Gasteiger partial charge in [0.25, 0.3) is 0 Å². The van der Waals surface area contributed by atoms with Gasteiger partial charge in [-0.25, -0.2) is 4.98 Å². The minimum atomic E-state index is -0.903. The fourth-order valence-electron chi connectivity index (χ4n) is 5.71. The molecule has 6 rings (SSSR count). The van der Waals surface area contributed by atoms with E-state index >= 15 is 0 Å². The first-order chi connectivity index (χ1) is 21.2. The highest BCUT2D eigenvalue weighted by molar-refractivity contribution is 5.75. The predicted molar refractivity (Wildman–Crippen MR) is 162 cm³/mol. The van der Waals surface area contributed by atoms with E-state index in [1.165, 1.54) is 0 Å². The van der Waals surface area contributed by atoms with Crippen LogP contribution in [0, 0.1) is 17.8 Å². The van der Waals surface area contributed by atoms with Crippen molar-refractivity contribution < 1.29 is 29.0 Å². The number of hydrogen-bond acceptors (Lipinski definition) is 10. The van der Waals surface area contributed by atoms with E-state index in [0.29, 0.717) is 34.2 Å². The third kappa shape index (κ3) is 6.34. The molecular weight excluding hydrogens is 564 g/mol. The lowest BCUT2D eigenvalue weighted by Gasteiger charge is -2.39. The zero-order valence-electron chi connectivity index (χ0n) is 24.7. The number of rotatable bonds is 9. The molecule has 12 heteroatoms. The van der Waals surface area contributed by atoms with Gasteiger partial charge in [-0.05, 0) is 30.9 Å². The molecule has 44 heavy (non-hydrogen) atoms. The van der Waals surface area contributed by atoms with Crippen LogP contribution in [0.25, 0.3) is 17.0 Å². The van der Waals surface area contributed by atoms with Crippen molar-refractivity contribution in [2.45, 2.75) is 63.8 Å². The number of phenols is 1. The summed E-state index contributed by atoms with van der Waals surface area (Å²) in [5.41, 5.74) is 7.91. The van der Waals surface area contributed by atoms with E-state index in [2.05, 4.69) is 31.9 Å². The summed E-state index contributed by atoms with van der Waals surface area (Å²) in [6.45, 7) is 5.55. The first kappa shape index (κ1) is 29.5. The van der Waals surface area contributed by atoms with E-state index in [1.54, 1.807) is 41.1 Å². The van der Waals surface area contributed by atoms with Gasteiger partial charge in [-0.2, -0.15) is 4.98 Å². The van der Waals surface area contributed by atoms with E-state index < -0.39 is 11.9 Å². The van der Waals surface area contributed by atoms with E-state index in [9.17, 15) is 15.0 Å². The Labute approximate surface area is 254 Å². The number of aliphatic carboxylic acids is 1. The van der Waals surface area contributed by atoms with Gasteiger partial charge in [-0.3, -0.25) is 9.20 Å². The van der Waals surface area contributed by atoms with Gasteiger partial charge in [-0.15, -0.1) is 0 Å². The molecule has 4 heterocycles. The molecule has 0 amide bonds. The van der Waals surface area contributed by atoms with Gasteiger partial charge in [0.05, 0.1) is 29.6 Å². The Hall–Kier alpha value is -4.60. The number of nitrogen functional groups attached to an aromatic ring is 1. The number of imidazole rings is 1. The van der Waals surface area contributed by atoms with Crippen molar-refractivity contribution in [3.63, 3.8) is 0 Å². The maximum absolute atomic E-state index is 11.6. The lowest BCUT2D eigenvalue weighted by atomic mass is 9.91. The fraction of sp³-hybridized carbons (Fsp3) is 0.438. The van der Waals surface area contributed by atoms with Crippen molar-refractivity contribution in [1.29, 1.82) is 0 Å². The molecule has 3 aromatic heterocycles. The van der Waals surface area contributed by atoms with Crippen molar-refractivity contribution in [3.05, 3.63) is 54.0 Å². The van der Waals surface area contributed by atoms with Gasteiger partial charge in [-0.1, -0.05) is 43.0 Å². The van der Waals surface area contributed by atoms with Gasteiger partial charge >= 0.3 is 5.97 Å². The second kappa shape index (κ2) is 12.6. The molecule has 12 nitrogen and oxygen atoms in total. The highest BCUT2D eigenvalue weighted by Crippen LogP contribution is 2.32. The quantitative estimate of drug-likeness (QED) is 0.237. The number of aromatic hydroxyl groups is 1. The maximum atomic E-state index is 11.6. The molecule has 230 valence electrons. The molecule has 1 aliphatic carbocycles. The molecule has 0 bridgehead atoms. The van der Waals surface area contributed by atoms with E-state index in [4.69, 9.17) is 19.7 Å². The van der Waals surface area contributed by atoms with Crippen LogP contribution in [-0.4, -0.2) is 73.7 Å². The number of carboxylic acid groups (broad SMARTS) is 1. The lowest BCUT2D eigenvalue weighted by molar-refractivity contribution is -0.140. The Morgan fingerprint density at radius 2 is 1.91 bits per heavy atom. The number of nitrogens with two attached hydrogens (primary N) is 1. The van der Waals surface area contributed by atoms with Crippen LogP contribution in [0.15, 0.2) is 47.2 Å². The molecule has 1 saturated heterocycles. The van der Waals surface area contributed by atoms with Crippen LogP contribution in [0.1, 0.15) is 56.8 Å². The van der Waals surface area contributed by atoms with Crippen LogP contribution in [0.3, 0.4) is 0 Å². The molecule has 2 fully saturated rings. The van der Waals surface area contributed by atoms with Gasteiger partial charge in [0.1, 0.15) is 24.1 Å². The summed E-state index contributed by atoms with van der Waals surface area (Å²) < 4.78 is 19.4. The molecule has 4 N–H and O–H groups in total. The Morgan fingerprint density at radius 3 is 2.64 bits per heavy atom. The lowest BCUT2D eigenvalue weighted by Crippen LogP contribution is -2.43. The Balaban J connectivity index is 0.935. The summed E-state index contributed by atoms with van der Waals surface area (Å²) in [5.74, 6) is 6.32. The third-order valence-corrected chi connectivity index (χ3v) is 8.23. The van der Waals surface area contributed by atoms with Gasteiger partial charge < -0.3 is 34.8 Å². The second-order valence-electron chi connectivity index (χ2n) is 11.7. The van der Waals surface area contributed by atoms with Crippen LogP contribution in [0.5, 0.6) is 5.75 Å². The maximum Gasteiger partial charge on any atom is 0.314 e. The number of anilines is 2. The van der Waals surface area contributed by atoms with Crippen molar-refractivity contribution in [2.24, 2.45) is 5.92 Å². The van der Waals surface area contributed by atoms with Crippen LogP contribution in [-0.2, 0) is 14.3 Å². The van der Waals surface area contributed by atoms with Crippen LogP contribution in [0.2, 0.25) is 0 Å². The molecule has 1 unspecified atom stereocenters. The Kier molecular flexibility index (Phi) is 8.41. The number of carboxylic acids is 1. The molecule has 1 atom stereocenters.